The summed E-state index contributed by atoms with van der Waals surface area (Å²) in [5, 5.41) is 0. The molecule has 2 atom stereocenters. The fraction of sp³-hybridized carbons (Fsp3) is 0.600. The molecule has 4 heteroatoms. The van der Waals surface area contributed by atoms with Crippen LogP contribution in [0.1, 0.15) is 44.2 Å². The highest BCUT2D eigenvalue weighted by molar-refractivity contribution is 5.49. The summed E-state index contributed by atoms with van der Waals surface area (Å²) in [7, 11) is 0. The number of fused-ring (bicyclic) bond motifs is 1. The second-order valence-electron chi connectivity index (χ2n) is 7.40. The Balaban J connectivity index is 1.46. The number of hydrogen-bond acceptors (Lipinski definition) is 3. The zero-order valence-corrected chi connectivity index (χ0v) is 14.7. The van der Waals surface area contributed by atoms with Crippen LogP contribution >= 0.6 is 0 Å². The minimum absolute atomic E-state index is 0.830. The van der Waals surface area contributed by atoms with E-state index in [2.05, 4.69) is 37.8 Å². The van der Waals surface area contributed by atoms with E-state index in [1.165, 1.54) is 51.6 Å². The van der Waals surface area contributed by atoms with E-state index in [-0.39, 0.29) is 0 Å². The summed E-state index contributed by atoms with van der Waals surface area (Å²) < 4.78 is 2.30. The number of pyridine rings is 1. The van der Waals surface area contributed by atoms with E-state index in [1.807, 2.05) is 19.2 Å². The lowest BCUT2D eigenvalue weighted by atomic mass is 9.81. The molecule has 4 nitrogen and oxygen atoms in total. The Morgan fingerprint density at radius 2 is 2.04 bits per heavy atom. The number of aryl methyl sites for hydroxylation is 2. The number of aromatic nitrogens is 3. The SMILES string of the molecule is Cc1cccc(-c2nccn2CC[C@@H]2CCCN3CCCC[C@H]23)n1. The Morgan fingerprint density at radius 3 is 2.96 bits per heavy atom. The van der Waals surface area contributed by atoms with Gasteiger partial charge in [-0.05, 0) is 70.2 Å². The molecule has 2 fully saturated rings. The molecule has 128 valence electrons. The Hall–Kier alpha value is -1.68. The van der Waals surface area contributed by atoms with Gasteiger partial charge in [-0.15, -0.1) is 0 Å². The molecule has 0 N–H and O–H groups in total. The number of piperidine rings is 2. The van der Waals surface area contributed by atoms with Gasteiger partial charge >= 0.3 is 0 Å². The minimum atomic E-state index is 0.830. The molecular weight excluding hydrogens is 296 g/mol. The van der Waals surface area contributed by atoms with Crippen LogP contribution in [0, 0.1) is 12.8 Å². The van der Waals surface area contributed by atoms with Gasteiger partial charge in [-0.2, -0.15) is 0 Å². The molecule has 2 saturated heterocycles. The van der Waals surface area contributed by atoms with Crippen molar-refractivity contribution in [3.63, 3.8) is 0 Å². The smallest absolute Gasteiger partial charge is 0.158 e. The van der Waals surface area contributed by atoms with Gasteiger partial charge in [0.1, 0.15) is 5.69 Å². The van der Waals surface area contributed by atoms with Crippen molar-refractivity contribution in [3.8, 4) is 11.5 Å². The van der Waals surface area contributed by atoms with Crippen LogP contribution < -0.4 is 0 Å². The van der Waals surface area contributed by atoms with Gasteiger partial charge in [0, 0.05) is 30.7 Å². The first-order valence-electron chi connectivity index (χ1n) is 9.50. The summed E-state index contributed by atoms with van der Waals surface area (Å²) in [5.41, 5.74) is 2.04. The molecule has 24 heavy (non-hydrogen) atoms. The third kappa shape index (κ3) is 3.25. The lowest BCUT2D eigenvalue weighted by molar-refractivity contribution is 0.0539. The maximum Gasteiger partial charge on any atom is 0.158 e. The predicted molar refractivity (Wildman–Crippen MR) is 96.7 cm³/mol. The molecule has 0 amide bonds. The molecule has 0 radical (unpaired) electrons. The van der Waals surface area contributed by atoms with Crippen LogP contribution in [0.5, 0.6) is 0 Å². The van der Waals surface area contributed by atoms with Gasteiger partial charge in [-0.1, -0.05) is 12.5 Å². The Labute approximate surface area is 144 Å². The highest BCUT2D eigenvalue weighted by atomic mass is 15.2. The van der Waals surface area contributed by atoms with E-state index in [0.717, 1.165) is 35.7 Å². The molecule has 0 spiro atoms. The standard InChI is InChI=1S/C20H28N4/c1-16-6-4-8-18(22-16)20-21-11-15-24(20)14-10-17-7-5-13-23-12-3-2-9-19(17)23/h4,6,8,11,15,17,19H,2-3,5,7,9-10,12-14H2,1H3/t17-,19+/m0/s1. The van der Waals surface area contributed by atoms with Gasteiger partial charge in [0.15, 0.2) is 5.82 Å². The van der Waals surface area contributed by atoms with Gasteiger partial charge < -0.3 is 9.47 Å². The van der Waals surface area contributed by atoms with Crippen LogP contribution in [0.15, 0.2) is 30.6 Å². The van der Waals surface area contributed by atoms with Crippen molar-refractivity contribution in [1.29, 1.82) is 0 Å². The second-order valence-corrected chi connectivity index (χ2v) is 7.40. The van der Waals surface area contributed by atoms with Crippen LogP contribution in [-0.2, 0) is 6.54 Å². The zero-order chi connectivity index (χ0) is 16.4. The molecule has 0 aromatic carbocycles. The van der Waals surface area contributed by atoms with Crippen molar-refractivity contribution in [2.45, 2.75) is 58.0 Å². The number of nitrogens with zero attached hydrogens (tertiary/aromatic N) is 4. The summed E-state index contributed by atoms with van der Waals surface area (Å²) in [5.74, 6) is 1.86. The van der Waals surface area contributed by atoms with E-state index < -0.39 is 0 Å². The minimum Gasteiger partial charge on any atom is -0.330 e. The quantitative estimate of drug-likeness (QED) is 0.855. The van der Waals surface area contributed by atoms with E-state index in [4.69, 9.17) is 0 Å². The number of hydrogen-bond donors (Lipinski definition) is 0. The molecule has 0 saturated carbocycles. The van der Waals surface area contributed by atoms with Gasteiger partial charge in [-0.3, -0.25) is 0 Å². The van der Waals surface area contributed by atoms with Crippen molar-refractivity contribution in [2.75, 3.05) is 13.1 Å². The van der Waals surface area contributed by atoms with Gasteiger partial charge in [0.25, 0.3) is 0 Å². The number of imidazole rings is 1. The summed E-state index contributed by atoms with van der Waals surface area (Å²) in [4.78, 5) is 12.0. The summed E-state index contributed by atoms with van der Waals surface area (Å²) in [6, 6.07) is 7.00. The van der Waals surface area contributed by atoms with Crippen LogP contribution in [0.2, 0.25) is 0 Å². The molecule has 2 aromatic rings. The molecule has 2 aromatic heterocycles. The fourth-order valence-corrected chi connectivity index (χ4v) is 4.61. The summed E-state index contributed by atoms with van der Waals surface area (Å²) >= 11 is 0. The van der Waals surface area contributed by atoms with Crippen LogP contribution in [0.25, 0.3) is 11.5 Å². The molecule has 0 aliphatic carbocycles. The van der Waals surface area contributed by atoms with Crippen LogP contribution in [0.3, 0.4) is 0 Å². The van der Waals surface area contributed by atoms with Gasteiger partial charge in [-0.25, -0.2) is 9.97 Å². The Bertz CT molecular complexity index is 676. The van der Waals surface area contributed by atoms with Crippen molar-refractivity contribution in [3.05, 3.63) is 36.3 Å². The van der Waals surface area contributed by atoms with E-state index in [9.17, 15) is 0 Å². The van der Waals surface area contributed by atoms with Crippen molar-refractivity contribution in [1.82, 2.24) is 19.4 Å². The second kappa shape index (κ2) is 7.06. The van der Waals surface area contributed by atoms with Gasteiger partial charge in [0.2, 0.25) is 0 Å². The predicted octanol–water partition coefficient (Wildman–Crippen LogP) is 3.91. The molecule has 4 rings (SSSR count). The molecule has 0 bridgehead atoms. The monoisotopic (exact) mass is 324 g/mol. The average molecular weight is 324 g/mol. The molecule has 0 unspecified atom stereocenters. The van der Waals surface area contributed by atoms with Crippen molar-refractivity contribution in [2.24, 2.45) is 5.92 Å². The molecule has 2 aliphatic rings. The van der Waals surface area contributed by atoms with E-state index >= 15 is 0 Å². The maximum absolute atomic E-state index is 4.65. The highest BCUT2D eigenvalue weighted by Gasteiger charge is 2.32. The normalized spacial score (nSPS) is 24.7. The summed E-state index contributed by atoms with van der Waals surface area (Å²) in [6.45, 7) is 5.74. The van der Waals surface area contributed by atoms with Crippen LogP contribution in [-0.4, -0.2) is 38.6 Å². The van der Waals surface area contributed by atoms with Crippen molar-refractivity contribution < 1.29 is 0 Å². The first kappa shape index (κ1) is 15.8. The molecular formula is C20H28N4. The van der Waals surface area contributed by atoms with Crippen LogP contribution in [0.4, 0.5) is 0 Å². The van der Waals surface area contributed by atoms with Crippen molar-refractivity contribution >= 4 is 0 Å². The first-order chi connectivity index (χ1) is 11.8. The largest absolute Gasteiger partial charge is 0.330 e. The maximum atomic E-state index is 4.65. The summed E-state index contributed by atoms with van der Waals surface area (Å²) in [6.07, 6.45) is 12.3. The first-order valence-corrected chi connectivity index (χ1v) is 9.50. The fourth-order valence-electron chi connectivity index (χ4n) is 4.61. The van der Waals surface area contributed by atoms with Gasteiger partial charge in [0.05, 0.1) is 0 Å². The highest BCUT2D eigenvalue weighted by Crippen LogP contribution is 2.33. The Morgan fingerprint density at radius 1 is 1.12 bits per heavy atom. The zero-order valence-electron chi connectivity index (χ0n) is 14.7. The topological polar surface area (TPSA) is 34.0 Å². The third-order valence-electron chi connectivity index (χ3n) is 5.80. The lowest BCUT2D eigenvalue weighted by Crippen LogP contribution is -2.48. The molecule has 2 aliphatic heterocycles. The lowest BCUT2D eigenvalue weighted by Gasteiger charge is -2.44. The third-order valence-corrected chi connectivity index (χ3v) is 5.80. The number of rotatable bonds is 4. The average Bonchev–Trinajstić information content (AvgIpc) is 3.08. The Kier molecular flexibility index (Phi) is 4.65. The van der Waals surface area contributed by atoms with E-state index in [0.29, 0.717) is 0 Å². The van der Waals surface area contributed by atoms with E-state index in [1.54, 1.807) is 0 Å². The molecule has 4 heterocycles.